The molecule has 1 amide bonds. The maximum atomic E-state index is 11.8. The number of hydrogen-bond donors (Lipinski definition) is 3. The smallest absolute Gasteiger partial charge is 0.320 e. The lowest BCUT2D eigenvalue weighted by molar-refractivity contribution is -0.138. The van der Waals surface area contributed by atoms with Gasteiger partial charge in [0.1, 0.15) is 6.04 Å². The third kappa shape index (κ3) is 7.11. The molecule has 0 bridgehead atoms. The van der Waals surface area contributed by atoms with Crippen LogP contribution in [0.5, 0.6) is 0 Å². The van der Waals surface area contributed by atoms with Crippen LogP contribution in [0, 0.1) is 0 Å². The summed E-state index contributed by atoms with van der Waals surface area (Å²) >= 11 is 5.58. The Kier molecular flexibility index (Phi) is 7.79. The molecule has 1 rings (SSSR count). The highest BCUT2D eigenvalue weighted by Gasteiger charge is 2.12. The fourth-order valence-electron chi connectivity index (χ4n) is 1.90. The van der Waals surface area contributed by atoms with Gasteiger partial charge in [-0.25, -0.2) is 0 Å². The molecule has 4 N–H and O–H groups in total. The molecule has 1 atom stereocenters. The van der Waals surface area contributed by atoms with Crippen molar-refractivity contribution in [2.45, 2.75) is 38.1 Å². The first-order chi connectivity index (χ1) is 10.0. The van der Waals surface area contributed by atoms with Crippen LogP contribution < -0.4 is 11.1 Å². The molecule has 0 aliphatic carbocycles. The first-order valence-corrected chi connectivity index (χ1v) is 7.49. The van der Waals surface area contributed by atoms with Crippen molar-refractivity contribution in [3.63, 3.8) is 0 Å². The Morgan fingerprint density at radius 2 is 2.05 bits per heavy atom. The number of anilines is 1. The number of rotatable bonds is 9. The number of carbonyl (C=O) groups excluding carboxylic acids is 1. The summed E-state index contributed by atoms with van der Waals surface area (Å²) in [5.41, 5.74) is 6.94. The number of carboxylic acids is 1. The quantitative estimate of drug-likeness (QED) is 0.482. The zero-order valence-corrected chi connectivity index (χ0v) is 12.6. The maximum Gasteiger partial charge on any atom is 0.320 e. The van der Waals surface area contributed by atoms with Gasteiger partial charge in [-0.3, -0.25) is 9.59 Å². The second-order valence-corrected chi connectivity index (χ2v) is 5.28. The molecule has 0 radical (unpaired) electrons. The van der Waals surface area contributed by atoms with E-state index in [9.17, 15) is 9.59 Å². The monoisotopic (exact) mass is 312 g/mol. The van der Waals surface area contributed by atoms with Crippen molar-refractivity contribution in [3.05, 3.63) is 29.8 Å². The number of nitrogens with one attached hydrogen (secondary N) is 1. The van der Waals surface area contributed by atoms with E-state index in [1.807, 2.05) is 0 Å². The van der Waals surface area contributed by atoms with Gasteiger partial charge in [0.25, 0.3) is 0 Å². The highest BCUT2D eigenvalue weighted by atomic mass is 35.5. The van der Waals surface area contributed by atoms with Crippen molar-refractivity contribution in [2.24, 2.45) is 5.73 Å². The molecule has 0 aromatic heterocycles. The summed E-state index contributed by atoms with van der Waals surface area (Å²) in [6.07, 6.45) is 3.34. The van der Waals surface area contributed by atoms with Gasteiger partial charge in [0, 0.05) is 18.0 Å². The molecule has 0 fully saturated rings. The van der Waals surface area contributed by atoms with Crippen LogP contribution in [-0.4, -0.2) is 28.9 Å². The normalized spacial score (nSPS) is 11.9. The van der Waals surface area contributed by atoms with Crippen LogP contribution >= 0.6 is 11.6 Å². The summed E-state index contributed by atoms with van der Waals surface area (Å²) in [4.78, 5) is 22.5. The van der Waals surface area contributed by atoms with E-state index in [4.69, 9.17) is 22.4 Å². The van der Waals surface area contributed by atoms with Gasteiger partial charge >= 0.3 is 5.97 Å². The third-order valence-electron chi connectivity index (χ3n) is 3.02. The van der Waals surface area contributed by atoms with Crippen molar-refractivity contribution in [3.8, 4) is 0 Å². The molecule has 1 aromatic carbocycles. The zero-order valence-electron chi connectivity index (χ0n) is 11.8. The fraction of sp³-hybridized carbons (Fsp3) is 0.467. The van der Waals surface area contributed by atoms with Crippen LogP contribution in [-0.2, 0) is 16.0 Å². The molecule has 6 heteroatoms. The SMILES string of the molecule is NC(Cc1cccc(NC(=O)CCCCCCl)c1)C(=O)O. The van der Waals surface area contributed by atoms with Gasteiger partial charge in [0.15, 0.2) is 0 Å². The number of unbranched alkanes of at least 4 members (excludes halogenated alkanes) is 2. The van der Waals surface area contributed by atoms with Gasteiger partial charge in [-0.1, -0.05) is 18.6 Å². The number of benzene rings is 1. The lowest BCUT2D eigenvalue weighted by Crippen LogP contribution is -2.32. The van der Waals surface area contributed by atoms with Crippen molar-refractivity contribution < 1.29 is 14.7 Å². The summed E-state index contributed by atoms with van der Waals surface area (Å²) in [6, 6.07) is 6.14. The third-order valence-corrected chi connectivity index (χ3v) is 3.29. The molecule has 0 saturated carbocycles. The molecule has 1 unspecified atom stereocenters. The lowest BCUT2D eigenvalue weighted by Gasteiger charge is -2.09. The van der Waals surface area contributed by atoms with Gasteiger partial charge in [-0.05, 0) is 37.0 Å². The summed E-state index contributed by atoms with van der Waals surface area (Å²) < 4.78 is 0. The predicted octanol–water partition coefficient (Wildman–Crippen LogP) is 2.38. The number of carboxylic acid groups (broad SMARTS) is 1. The standard InChI is InChI=1S/C15H21ClN2O3/c16-8-3-1-2-7-14(19)18-12-6-4-5-11(9-12)10-13(17)15(20)21/h4-6,9,13H,1-3,7-8,10,17H2,(H,18,19)(H,20,21). The van der Waals surface area contributed by atoms with Crippen LogP contribution in [0.2, 0.25) is 0 Å². The van der Waals surface area contributed by atoms with Crippen molar-refractivity contribution >= 4 is 29.2 Å². The molecule has 0 spiro atoms. The van der Waals surface area contributed by atoms with Gasteiger partial charge in [-0.2, -0.15) is 0 Å². The number of aliphatic carboxylic acids is 1. The first kappa shape index (κ1) is 17.5. The second kappa shape index (κ2) is 9.37. The lowest BCUT2D eigenvalue weighted by atomic mass is 10.1. The van der Waals surface area contributed by atoms with Crippen LogP contribution in [0.25, 0.3) is 0 Å². The fourth-order valence-corrected chi connectivity index (χ4v) is 2.09. The molecule has 116 valence electrons. The molecule has 21 heavy (non-hydrogen) atoms. The summed E-state index contributed by atoms with van der Waals surface area (Å²) in [7, 11) is 0. The number of alkyl halides is 1. The number of carbonyl (C=O) groups is 2. The summed E-state index contributed by atoms with van der Waals surface area (Å²) in [6.45, 7) is 0. The van der Waals surface area contributed by atoms with Crippen molar-refractivity contribution in [1.82, 2.24) is 0 Å². The Labute approximate surface area is 129 Å². The van der Waals surface area contributed by atoms with E-state index in [1.165, 1.54) is 0 Å². The minimum absolute atomic E-state index is 0.0516. The molecule has 0 aliphatic heterocycles. The summed E-state index contributed by atoms with van der Waals surface area (Å²) in [5, 5.41) is 11.6. The van der Waals surface area contributed by atoms with Gasteiger partial charge in [-0.15, -0.1) is 11.6 Å². The number of amides is 1. The van der Waals surface area contributed by atoms with Crippen molar-refractivity contribution in [1.29, 1.82) is 0 Å². The van der Waals surface area contributed by atoms with Crippen LogP contribution in [0.1, 0.15) is 31.2 Å². The predicted molar refractivity (Wildman–Crippen MR) is 83.6 cm³/mol. The first-order valence-electron chi connectivity index (χ1n) is 6.96. The average molecular weight is 313 g/mol. The van der Waals surface area contributed by atoms with E-state index in [0.29, 0.717) is 18.0 Å². The number of nitrogens with two attached hydrogens (primary N) is 1. The Morgan fingerprint density at radius 3 is 2.71 bits per heavy atom. The Balaban J connectivity index is 2.48. The highest BCUT2D eigenvalue weighted by molar-refractivity contribution is 6.17. The Bertz CT molecular complexity index is 480. The number of halogens is 1. The zero-order chi connectivity index (χ0) is 15.7. The van der Waals surface area contributed by atoms with Gasteiger partial charge in [0.05, 0.1) is 0 Å². The molecule has 0 aliphatic rings. The van der Waals surface area contributed by atoms with Gasteiger partial charge in [0.2, 0.25) is 5.91 Å². The minimum Gasteiger partial charge on any atom is -0.480 e. The molecule has 0 heterocycles. The number of hydrogen-bond acceptors (Lipinski definition) is 3. The average Bonchev–Trinajstić information content (AvgIpc) is 2.44. The molecule has 1 aromatic rings. The Hall–Kier alpha value is -1.59. The van der Waals surface area contributed by atoms with Gasteiger partial charge < -0.3 is 16.2 Å². The largest absolute Gasteiger partial charge is 0.480 e. The second-order valence-electron chi connectivity index (χ2n) is 4.90. The van der Waals surface area contributed by atoms with E-state index in [0.717, 1.165) is 24.8 Å². The maximum absolute atomic E-state index is 11.8. The van der Waals surface area contributed by atoms with E-state index in [2.05, 4.69) is 5.32 Å². The van der Waals surface area contributed by atoms with Crippen LogP contribution in [0.3, 0.4) is 0 Å². The van der Waals surface area contributed by atoms with E-state index < -0.39 is 12.0 Å². The molecular formula is C15H21ClN2O3. The highest BCUT2D eigenvalue weighted by Crippen LogP contribution is 2.13. The van der Waals surface area contributed by atoms with Crippen molar-refractivity contribution in [2.75, 3.05) is 11.2 Å². The summed E-state index contributed by atoms with van der Waals surface area (Å²) in [5.74, 6) is -0.471. The molecular weight excluding hydrogens is 292 g/mol. The van der Waals surface area contributed by atoms with Crippen LogP contribution in [0.4, 0.5) is 5.69 Å². The Morgan fingerprint density at radius 1 is 1.29 bits per heavy atom. The van der Waals surface area contributed by atoms with Crippen LogP contribution in [0.15, 0.2) is 24.3 Å². The van der Waals surface area contributed by atoms with E-state index in [1.54, 1.807) is 24.3 Å². The topological polar surface area (TPSA) is 92.4 Å². The van der Waals surface area contributed by atoms with E-state index in [-0.39, 0.29) is 12.3 Å². The molecule has 5 nitrogen and oxygen atoms in total. The minimum atomic E-state index is -1.04. The van der Waals surface area contributed by atoms with E-state index >= 15 is 0 Å². The molecule has 0 saturated heterocycles.